The normalized spacial score (nSPS) is 12.2. The second-order valence-corrected chi connectivity index (χ2v) is 13.7. The van der Waals surface area contributed by atoms with E-state index in [-0.39, 0.29) is 53.0 Å². The number of aliphatic carboxylic acids is 1. The predicted octanol–water partition coefficient (Wildman–Crippen LogP) is 10.6. The summed E-state index contributed by atoms with van der Waals surface area (Å²) >= 11 is 0. The number of carbonyl (C=O) groups is 3. The van der Waals surface area contributed by atoms with Crippen molar-refractivity contribution in [2.45, 2.75) is 103 Å². The van der Waals surface area contributed by atoms with Gasteiger partial charge in [-0.05, 0) is 30.7 Å². The van der Waals surface area contributed by atoms with Gasteiger partial charge in [-0.1, -0.05) is 145 Å². The van der Waals surface area contributed by atoms with E-state index in [0.29, 0.717) is 23.3 Å². The van der Waals surface area contributed by atoms with E-state index < -0.39 is 18.0 Å². The van der Waals surface area contributed by atoms with Crippen molar-refractivity contribution in [3.05, 3.63) is 119 Å². The number of unbranched alkanes of at least 4 members (excludes halogenated alkanes) is 11. The van der Waals surface area contributed by atoms with Crippen LogP contribution >= 0.6 is 0 Å². The molecule has 0 aliphatic rings. The van der Waals surface area contributed by atoms with Crippen molar-refractivity contribution in [2.75, 3.05) is 6.61 Å². The Morgan fingerprint density at radius 3 is 1.49 bits per heavy atom. The van der Waals surface area contributed by atoms with Crippen molar-refractivity contribution in [1.82, 2.24) is 0 Å². The Labute approximate surface area is 313 Å². The minimum absolute atomic E-state index is 0.0644. The van der Waals surface area contributed by atoms with Crippen LogP contribution in [-0.2, 0) is 4.79 Å². The highest BCUT2D eigenvalue weighted by molar-refractivity contribution is 6.11. The number of ketones is 2. The van der Waals surface area contributed by atoms with Gasteiger partial charge < -0.3 is 24.8 Å². The van der Waals surface area contributed by atoms with Crippen molar-refractivity contribution < 1.29 is 39.2 Å². The third kappa shape index (κ3) is 13.1. The van der Waals surface area contributed by atoms with Crippen molar-refractivity contribution >= 4 is 17.5 Å². The van der Waals surface area contributed by atoms with E-state index in [1.807, 2.05) is 6.07 Å². The molecule has 4 aromatic carbocycles. The van der Waals surface area contributed by atoms with Crippen LogP contribution in [0.25, 0.3) is 0 Å². The molecule has 0 aliphatic carbocycles. The van der Waals surface area contributed by atoms with Gasteiger partial charge >= 0.3 is 5.97 Å². The van der Waals surface area contributed by atoms with Gasteiger partial charge in [0.1, 0.15) is 29.1 Å². The average Bonchev–Trinajstić information content (AvgIpc) is 3.16. The number of phenolic OH excluding ortho intramolecular Hbond substituents is 2. The Kier molecular flexibility index (Phi) is 16.9. The van der Waals surface area contributed by atoms with E-state index in [1.165, 1.54) is 75.6 Å². The van der Waals surface area contributed by atoms with E-state index in [0.717, 1.165) is 25.7 Å². The highest BCUT2D eigenvalue weighted by Crippen LogP contribution is 2.31. The molecule has 0 bridgehead atoms. The smallest absolute Gasteiger partial charge is 0.310 e. The number of rotatable bonds is 25. The second-order valence-electron chi connectivity index (χ2n) is 13.7. The van der Waals surface area contributed by atoms with Crippen LogP contribution in [0.15, 0.2) is 97.1 Å². The molecule has 3 N–H and O–H groups in total. The van der Waals surface area contributed by atoms with Crippen LogP contribution in [0.2, 0.25) is 0 Å². The fourth-order valence-corrected chi connectivity index (χ4v) is 6.54. The molecule has 0 spiro atoms. The SMILES string of the molecule is CCCCCCCCCCCCCCC(C(=O)O)C(CCOc1ccc(C(=O)c2ccccc2)c(O)c1)Oc1ccc(C(=O)c2ccccc2)c(O)c1. The summed E-state index contributed by atoms with van der Waals surface area (Å²) in [6.07, 6.45) is 13.9. The molecule has 0 aliphatic heterocycles. The number of carboxylic acids is 1. The largest absolute Gasteiger partial charge is 0.507 e. The van der Waals surface area contributed by atoms with Gasteiger partial charge in [0.05, 0.1) is 23.7 Å². The first-order chi connectivity index (χ1) is 25.8. The van der Waals surface area contributed by atoms with E-state index in [4.69, 9.17) is 9.47 Å². The summed E-state index contributed by atoms with van der Waals surface area (Å²) in [5.41, 5.74) is 1.15. The summed E-state index contributed by atoms with van der Waals surface area (Å²) in [6, 6.07) is 26.2. The summed E-state index contributed by atoms with van der Waals surface area (Å²) in [4.78, 5) is 38.5. The maximum atomic E-state index is 13.0. The monoisotopic (exact) mass is 722 g/mol. The Bertz CT molecular complexity index is 1720. The number of carboxylic acid groups (broad SMARTS) is 1. The summed E-state index contributed by atoms with van der Waals surface area (Å²) < 4.78 is 12.2. The lowest BCUT2D eigenvalue weighted by Crippen LogP contribution is -2.34. The number of benzene rings is 4. The molecule has 4 rings (SSSR count). The van der Waals surface area contributed by atoms with Crippen LogP contribution in [0.3, 0.4) is 0 Å². The van der Waals surface area contributed by atoms with Gasteiger partial charge in [-0.25, -0.2) is 0 Å². The number of hydrogen-bond acceptors (Lipinski definition) is 7. The Balaban J connectivity index is 1.38. The summed E-state index contributed by atoms with van der Waals surface area (Å²) in [7, 11) is 0. The third-order valence-electron chi connectivity index (χ3n) is 9.59. The van der Waals surface area contributed by atoms with Gasteiger partial charge in [0.25, 0.3) is 0 Å². The quantitative estimate of drug-likeness (QED) is 0.0455. The number of hydrogen-bond donors (Lipinski definition) is 3. The molecule has 8 nitrogen and oxygen atoms in total. The van der Waals surface area contributed by atoms with Crippen LogP contribution in [-0.4, -0.2) is 45.6 Å². The number of aromatic hydroxyl groups is 2. The molecule has 0 fully saturated rings. The highest BCUT2D eigenvalue weighted by atomic mass is 16.5. The first kappa shape index (κ1) is 40.7. The van der Waals surface area contributed by atoms with Gasteiger partial charge in [-0.15, -0.1) is 0 Å². The topological polar surface area (TPSA) is 130 Å². The third-order valence-corrected chi connectivity index (χ3v) is 9.59. The molecule has 53 heavy (non-hydrogen) atoms. The number of phenols is 2. The van der Waals surface area contributed by atoms with Crippen molar-refractivity contribution in [3.8, 4) is 23.0 Å². The van der Waals surface area contributed by atoms with Gasteiger partial charge in [0, 0.05) is 29.7 Å². The molecule has 0 aromatic heterocycles. The van der Waals surface area contributed by atoms with Crippen LogP contribution in [0.5, 0.6) is 23.0 Å². The second kappa shape index (κ2) is 22.1. The number of carbonyl (C=O) groups excluding carboxylic acids is 2. The minimum atomic E-state index is -0.986. The predicted molar refractivity (Wildman–Crippen MR) is 207 cm³/mol. The molecule has 4 aromatic rings. The standard InChI is InChI=1S/C45H54O8/c1-2-3-4-5-6-7-8-9-10-11-12-19-24-39(45(50)51)42(53-36-26-28-38(41(47)32-36)44(49)34-22-17-14-18-23-34)29-30-52-35-25-27-37(40(46)31-35)43(48)33-20-15-13-16-21-33/h13-18,20-23,25-28,31-32,39,42,46-47H,2-12,19,24,29-30H2,1H3,(H,50,51). The maximum absolute atomic E-state index is 13.0. The molecule has 0 saturated carbocycles. The van der Waals surface area contributed by atoms with Gasteiger partial charge in [0.2, 0.25) is 0 Å². The van der Waals surface area contributed by atoms with Crippen molar-refractivity contribution in [1.29, 1.82) is 0 Å². The first-order valence-electron chi connectivity index (χ1n) is 19.2. The summed E-state index contributed by atoms with van der Waals surface area (Å²) in [6.45, 7) is 2.30. The molecule has 282 valence electrons. The summed E-state index contributed by atoms with van der Waals surface area (Å²) in [5, 5.41) is 31.8. The Morgan fingerprint density at radius 1 is 0.566 bits per heavy atom. The zero-order valence-corrected chi connectivity index (χ0v) is 30.9. The van der Waals surface area contributed by atoms with E-state index >= 15 is 0 Å². The molecule has 2 unspecified atom stereocenters. The molecule has 0 saturated heterocycles. The van der Waals surface area contributed by atoms with Crippen LogP contribution < -0.4 is 9.47 Å². The van der Waals surface area contributed by atoms with Crippen LogP contribution in [0, 0.1) is 5.92 Å². The molecule has 0 amide bonds. The molecule has 0 heterocycles. The fourth-order valence-electron chi connectivity index (χ4n) is 6.54. The van der Waals surface area contributed by atoms with Crippen LogP contribution in [0.1, 0.15) is 129 Å². The van der Waals surface area contributed by atoms with Crippen molar-refractivity contribution in [2.24, 2.45) is 5.92 Å². The lowest BCUT2D eigenvalue weighted by Gasteiger charge is -2.26. The lowest BCUT2D eigenvalue weighted by molar-refractivity contribution is -0.145. The molecular formula is C45H54O8. The zero-order chi connectivity index (χ0) is 37.8. The summed E-state index contributed by atoms with van der Waals surface area (Å²) in [5.74, 6) is -2.42. The van der Waals surface area contributed by atoms with Crippen molar-refractivity contribution in [3.63, 3.8) is 0 Å². The van der Waals surface area contributed by atoms with Gasteiger partial charge in [-0.2, -0.15) is 0 Å². The average molecular weight is 723 g/mol. The lowest BCUT2D eigenvalue weighted by atomic mass is 9.93. The fraction of sp³-hybridized carbons (Fsp3) is 0.400. The number of ether oxygens (including phenoxy) is 2. The molecular weight excluding hydrogens is 668 g/mol. The van der Waals surface area contributed by atoms with E-state index in [2.05, 4.69) is 6.92 Å². The first-order valence-corrected chi connectivity index (χ1v) is 19.2. The Morgan fingerprint density at radius 2 is 1.02 bits per heavy atom. The Hall–Kier alpha value is -5.11. The minimum Gasteiger partial charge on any atom is -0.507 e. The van der Waals surface area contributed by atoms with E-state index in [9.17, 15) is 29.7 Å². The molecule has 8 heteroatoms. The van der Waals surface area contributed by atoms with Gasteiger partial charge in [0.15, 0.2) is 11.6 Å². The molecule has 2 atom stereocenters. The van der Waals surface area contributed by atoms with Gasteiger partial charge in [-0.3, -0.25) is 14.4 Å². The van der Waals surface area contributed by atoms with E-state index in [1.54, 1.807) is 66.7 Å². The zero-order valence-electron chi connectivity index (χ0n) is 30.9. The maximum Gasteiger partial charge on any atom is 0.310 e. The highest BCUT2D eigenvalue weighted by Gasteiger charge is 2.30. The molecule has 0 radical (unpaired) electrons. The van der Waals surface area contributed by atoms with Crippen LogP contribution in [0.4, 0.5) is 0 Å².